The number of aryl methyl sites for hydroxylation is 1. The van der Waals surface area contributed by atoms with Gasteiger partial charge in [-0.1, -0.05) is 32.0 Å². The average molecular weight is 530 g/mol. The molecule has 1 unspecified atom stereocenters. The molecule has 1 saturated heterocycles. The smallest absolute Gasteiger partial charge is 0.337 e. The van der Waals surface area contributed by atoms with Gasteiger partial charge >= 0.3 is 5.97 Å². The third-order valence-electron chi connectivity index (χ3n) is 6.88. The third-order valence-corrected chi connectivity index (χ3v) is 6.88. The Morgan fingerprint density at radius 3 is 2.23 bits per heavy atom. The molecule has 1 fully saturated rings. The predicted octanol–water partition coefficient (Wildman–Crippen LogP) is 5.55. The number of anilines is 1. The number of aliphatic hydroxyl groups is 1. The van der Waals surface area contributed by atoms with Crippen molar-refractivity contribution in [2.45, 2.75) is 32.7 Å². The number of benzene rings is 3. The molecule has 0 aromatic heterocycles. The number of carbonyl (C=O) groups is 3. The normalized spacial score (nSPS) is 16.5. The second-order valence-electron chi connectivity index (χ2n) is 9.55. The van der Waals surface area contributed by atoms with E-state index in [0.29, 0.717) is 33.9 Å². The first-order chi connectivity index (χ1) is 18.6. The summed E-state index contributed by atoms with van der Waals surface area (Å²) in [5.74, 6) is -1.19. The van der Waals surface area contributed by atoms with Crippen LogP contribution >= 0.6 is 0 Å². The van der Waals surface area contributed by atoms with E-state index in [0.717, 1.165) is 5.56 Å². The first-order valence-electron chi connectivity index (χ1n) is 12.4. The van der Waals surface area contributed by atoms with Crippen LogP contribution in [-0.2, 0) is 14.3 Å². The molecule has 4 rings (SSSR count). The maximum atomic E-state index is 13.6. The van der Waals surface area contributed by atoms with Crippen LogP contribution in [0.3, 0.4) is 0 Å². The van der Waals surface area contributed by atoms with Crippen molar-refractivity contribution < 1.29 is 33.7 Å². The molecule has 0 aliphatic carbocycles. The van der Waals surface area contributed by atoms with E-state index in [4.69, 9.17) is 14.2 Å². The van der Waals surface area contributed by atoms with E-state index >= 15 is 0 Å². The molecule has 0 radical (unpaired) electrons. The van der Waals surface area contributed by atoms with Gasteiger partial charge in [-0.3, -0.25) is 14.5 Å². The molecule has 202 valence electrons. The van der Waals surface area contributed by atoms with E-state index in [9.17, 15) is 19.5 Å². The van der Waals surface area contributed by atoms with Crippen LogP contribution in [0.25, 0.3) is 5.76 Å². The van der Waals surface area contributed by atoms with Gasteiger partial charge in [0.1, 0.15) is 17.3 Å². The van der Waals surface area contributed by atoms with Crippen molar-refractivity contribution in [1.82, 2.24) is 0 Å². The van der Waals surface area contributed by atoms with Crippen molar-refractivity contribution in [3.8, 4) is 11.5 Å². The van der Waals surface area contributed by atoms with Crippen molar-refractivity contribution in [3.05, 3.63) is 94.1 Å². The number of ketones is 1. The van der Waals surface area contributed by atoms with E-state index < -0.39 is 23.7 Å². The van der Waals surface area contributed by atoms with Crippen molar-refractivity contribution in [1.29, 1.82) is 0 Å². The molecule has 1 aliphatic rings. The Bertz CT molecular complexity index is 1470. The predicted molar refractivity (Wildman–Crippen MR) is 147 cm³/mol. The van der Waals surface area contributed by atoms with Gasteiger partial charge in [-0.15, -0.1) is 0 Å². The van der Waals surface area contributed by atoms with Gasteiger partial charge in [-0.05, 0) is 72.0 Å². The van der Waals surface area contributed by atoms with Gasteiger partial charge in [0.2, 0.25) is 0 Å². The summed E-state index contributed by atoms with van der Waals surface area (Å²) in [5.41, 5.74) is 3.02. The minimum atomic E-state index is -0.965. The highest BCUT2D eigenvalue weighted by Gasteiger charge is 2.47. The zero-order valence-electron chi connectivity index (χ0n) is 22.8. The van der Waals surface area contributed by atoms with Crippen LogP contribution < -0.4 is 14.4 Å². The van der Waals surface area contributed by atoms with Gasteiger partial charge in [0.15, 0.2) is 0 Å². The molecule has 8 nitrogen and oxygen atoms in total. The van der Waals surface area contributed by atoms with Crippen molar-refractivity contribution in [2.24, 2.45) is 0 Å². The van der Waals surface area contributed by atoms with Crippen LogP contribution in [0, 0.1) is 6.92 Å². The Morgan fingerprint density at radius 1 is 0.949 bits per heavy atom. The second-order valence-corrected chi connectivity index (χ2v) is 9.55. The van der Waals surface area contributed by atoms with Crippen molar-refractivity contribution >= 4 is 29.1 Å². The highest BCUT2D eigenvalue weighted by atomic mass is 16.5. The molecular formula is C31H31NO7. The van der Waals surface area contributed by atoms with Crippen LogP contribution in [-0.4, -0.2) is 44.1 Å². The monoisotopic (exact) mass is 529 g/mol. The van der Waals surface area contributed by atoms with E-state index in [-0.39, 0.29) is 22.8 Å². The number of rotatable bonds is 7. The number of carbonyl (C=O) groups excluding carboxylic acids is 3. The van der Waals surface area contributed by atoms with Gasteiger partial charge in [0.05, 0.1) is 38.5 Å². The Hall–Kier alpha value is -4.59. The van der Waals surface area contributed by atoms with E-state index in [1.165, 1.54) is 25.2 Å². The Labute approximate surface area is 227 Å². The molecule has 0 spiro atoms. The lowest BCUT2D eigenvalue weighted by atomic mass is 9.91. The summed E-state index contributed by atoms with van der Waals surface area (Å²) < 4.78 is 15.7. The standard InChI is InChI=1S/C31H31NO7/c1-17(2)23-16-24(18(3)14-25(23)38-5)28(33)26-27(19-10-12-22(37-4)13-11-19)32(30(35)29(26)34)21-9-7-8-20(15-21)31(36)39-6/h7-17,27,33H,1-6H3/b28-26+. The molecule has 1 heterocycles. The lowest BCUT2D eigenvalue weighted by Gasteiger charge is -2.26. The molecule has 8 heteroatoms. The molecule has 3 aromatic rings. The van der Waals surface area contributed by atoms with Crippen molar-refractivity contribution in [2.75, 3.05) is 26.2 Å². The fraction of sp³-hybridized carbons (Fsp3) is 0.258. The SMILES string of the molecule is COC(=O)c1cccc(N2C(=O)C(=O)/C(=C(/O)c3cc(C(C)C)c(OC)cc3C)C2c2ccc(OC)cc2)c1. The minimum absolute atomic E-state index is 0.0587. The number of nitrogens with zero attached hydrogens (tertiary/aromatic N) is 1. The number of hydrogen-bond acceptors (Lipinski definition) is 7. The molecule has 1 aliphatic heterocycles. The first kappa shape index (κ1) is 27.4. The summed E-state index contributed by atoms with van der Waals surface area (Å²) in [4.78, 5) is 40.6. The van der Waals surface area contributed by atoms with Gasteiger partial charge < -0.3 is 19.3 Å². The van der Waals surface area contributed by atoms with Gasteiger partial charge in [0.25, 0.3) is 11.7 Å². The molecular weight excluding hydrogens is 498 g/mol. The summed E-state index contributed by atoms with van der Waals surface area (Å²) in [6.07, 6.45) is 0. The molecule has 0 saturated carbocycles. The Balaban J connectivity index is 1.98. The number of hydrogen-bond donors (Lipinski definition) is 1. The molecule has 1 atom stereocenters. The summed E-state index contributed by atoms with van der Waals surface area (Å²) in [7, 11) is 4.39. The maximum absolute atomic E-state index is 13.6. The lowest BCUT2D eigenvalue weighted by Crippen LogP contribution is -2.29. The summed E-state index contributed by atoms with van der Waals surface area (Å²) in [6.45, 7) is 5.81. The number of Topliss-reactive ketones (excluding diaryl/α,β-unsaturated/α-hetero) is 1. The Kier molecular flexibility index (Phi) is 7.76. The number of amides is 1. The van der Waals surface area contributed by atoms with Gasteiger partial charge in [-0.25, -0.2) is 4.79 Å². The fourth-order valence-corrected chi connectivity index (χ4v) is 4.83. The van der Waals surface area contributed by atoms with Crippen LogP contribution in [0.15, 0.2) is 66.2 Å². The molecule has 1 amide bonds. The summed E-state index contributed by atoms with van der Waals surface area (Å²) in [5, 5.41) is 11.7. The van der Waals surface area contributed by atoms with Gasteiger partial charge in [-0.2, -0.15) is 0 Å². The summed E-state index contributed by atoms with van der Waals surface area (Å²) >= 11 is 0. The maximum Gasteiger partial charge on any atom is 0.337 e. The second kappa shape index (κ2) is 11.0. The van der Waals surface area contributed by atoms with Crippen LogP contribution in [0.1, 0.15) is 58.4 Å². The topological polar surface area (TPSA) is 102 Å². The average Bonchev–Trinajstić information content (AvgIpc) is 3.21. The van der Waals surface area contributed by atoms with Crippen molar-refractivity contribution in [3.63, 3.8) is 0 Å². The highest BCUT2D eigenvalue weighted by Crippen LogP contribution is 2.44. The quantitative estimate of drug-likeness (QED) is 0.185. The summed E-state index contributed by atoms with van der Waals surface area (Å²) in [6, 6.07) is 15.8. The zero-order chi connectivity index (χ0) is 28.4. The zero-order valence-corrected chi connectivity index (χ0v) is 22.8. The lowest BCUT2D eigenvalue weighted by molar-refractivity contribution is -0.132. The number of aliphatic hydroxyl groups excluding tert-OH is 1. The largest absolute Gasteiger partial charge is 0.507 e. The van der Waals surface area contributed by atoms with Crippen LogP contribution in [0.5, 0.6) is 11.5 Å². The minimum Gasteiger partial charge on any atom is -0.507 e. The molecule has 39 heavy (non-hydrogen) atoms. The van der Waals surface area contributed by atoms with E-state index in [2.05, 4.69) is 0 Å². The van der Waals surface area contributed by atoms with Crippen LogP contribution in [0.2, 0.25) is 0 Å². The molecule has 3 aromatic carbocycles. The van der Waals surface area contributed by atoms with E-state index in [1.807, 2.05) is 19.9 Å². The van der Waals surface area contributed by atoms with E-state index in [1.54, 1.807) is 62.6 Å². The molecule has 0 bridgehead atoms. The number of ether oxygens (including phenoxy) is 3. The fourth-order valence-electron chi connectivity index (χ4n) is 4.83. The van der Waals surface area contributed by atoms with Crippen LogP contribution in [0.4, 0.5) is 5.69 Å². The highest BCUT2D eigenvalue weighted by molar-refractivity contribution is 6.51. The number of methoxy groups -OCH3 is 3. The first-order valence-corrected chi connectivity index (χ1v) is 12.4. The van der Waals surface area contributed by atoms with Gasteiger partial charge in [0, 0.05) is 11.3 Å². The Morgan fingerprint density at radius 2 is 1.64 bits per heavy atom. The third kappa shape index (κ3) is 4.97. The number of esters is 1. The molecule has 1 N–H and O–H groups in total.